The third-order valence-corrected chi connectivity index (χ3v) is 8.44. The highest BCUT2D eigenvalue weighted by molar-refractivity contribution is 7.07. The van der Waals surface area contributed by atoms with Crippen molar-refractivity contribution >= 4 is 28.3 Å². The van der Waals surface area contributed by atoms with Gasteiger partial charge in [-0.2, -0.15) is 0 Å². The number of para-hydroxylation sites is 2. The first-order valence-corrected chi connectivity index (χ1v) is 14.5. The van der Waals surface area contributed by atoms with Crippen LogP contribution in [0.3, 0.4) is 0 Å². The van der Waals surface area contributed by atoms with Gasteiger partial charge in [-0.3, -0.25) is 4.79 Å². The van der Waals surface area contributed by atoms with Crippen molar-refractivity contribution in [3.63, 3.8) is 0 Å². The highest BCUT2D eigenvalue weighted by Gasteiger charge is 2.33. The molecule has 0 saturated heterocycles. The molecule has 1 saturated carbocycles. The molecule has 2 heterocycles. The summed E-state index contributed by atoms with van der Waals surface area (Å²) < 4.78 is 2.21. The monoisotopic (exact) mass is 536 g/mol. The fourth-order valence-corrected chi connectivity index (χ4v) is 6.41. The van der Waals surface area contributed by atoms with Crippen molar-refractivity contribution in [2.24, 2.45) is 5.92 Å². The number of aliphatic hydroxyl groups is 1. The van der Waals surface area contributed by atoms with Gasteiger partial charge in [0.25, 0.3) is 0 Å². The number of aromatic nitrogens is 3. The van der Waals surface area contributed by atoms with E-state index in [1.54, 1.807) is 11.3 Å². The zero-order valence-corrected chi connectivity index (χ0v) is 22.6. The summed E-state index contributed by atoms with van der Waals surface area (Å²) in [5, 5.41) is 15.2. The number of carbonyl (C=O) groups excluding carboxylic acids is 1. The Bertz CT molecular complexity index is 1520. The van der Waals surface area contributed by atoms with Gasteiger partial charge in [-0.25, -0.2) is 9.97 Å². The zero-order chi connectivity index (χ0) is 26.6. The summed E-state index contributed by atoms with van der Waals surface area (Å²) in [7, 11) is 0. The fraction of sp³-hybridized carbons (Fsp3) is 0.281. The number of carbonyl (C=O) groups is 1. The Labute approximate surface area is 232 Å². The predicted octanol–water partition coefficient (Wildman–Crippen LogP) is 6.33. The molecule has 7 heteroatoms. The first-order chi connectivity index (χ1) is 19.2. The molecule has 6 nitrogen and oxygen atoms in total. The molecule has 3 aromatic carbocycles. The zero-order valence-electron chi connectivity index (χ0n) is 21.7. The highest BCUT2D eigenvalue weighted by Crippen LogP contribution is 2.38. The summed E-state index contributed by atoms with van der Waals surface area (Å²) in [6.07, 6.45) is 4.41. The molecule has 2 aromatic heterocycles. The van der Waals surface area contributed by atoms with Crippen LogP contribution in [-0.4, -0.2) is 32.2 Å². The molecule has 198 valence electrons. The summed E-state index contributed by atoms with van der Waals surface area (Å²) in [5.41, 5.74) is 7.82. The first kappa shape index (κ1) is 25.5. The third kappa shape index (κ3) is 5.37. The minimum Gasteiger partial charge on any atom is -0.394 e. The maximum atomic E-state index is 13.7. The van der Waals surface area contributed by atoms with E-state index in [0.29, 0.717) is 12.5 Å². The third-order valence-electron chi connectivity index (χ3n) is 7.85. The maximum absolute atomic E-state index is 13.7. The number of benzene rings is 3. The second-order valence-electron chi connectivity index (χ2n) is 10.3. The van der Waals surface area contributed by atoms with Crippen molar-refractivity contribution in [1.29, 1.82) is 0 Å². The average molecular weight is 537 g/mol. The Morgan fingerprint density at radius 3 is 2.44 bits per heavy atom. The van der Waals surface area contributed by atoms with Crippen LogP contribution in [0.4, 0.5) is 0 Å². The number of thiazole rings is 1. The molecule has 1 amide bonds. The van der Waals surface area contributed by atoms with Gasteiger partial charge < -0.3 is 15.0 Å². The smallest absolute Gasteiger partial charge is 0.228 e. The van der Waals surface area contributed by atoms with Crippen LogP contribution in [-0.2, 0) is 11.3 Å². The molecule has 0 spiro atoms. The summed E-state index contributed by atoms with van der Waals surface area (Å²) in [4.78, 5) is 23.1. The van der Waals surface area contributed by atoms with Gasteiger partial charge in [0, 0.05) is 11.9 Å². The molecule has 39 heavy (non-hydrogen) atoms. The molecular weight excluding hydrogens is 504 g/mol. The number of nitrogens with one attached hydrogen (secondary N) is 1. The van der Waals surface area contributed by atoms with E-state index >= 15 is 0 Å². The number of rotatable bonds is 9. The minimum atomic E-state index is -0.416. The predicted molar refractivity (Wildman–Crippen MR) is 155 cm³/mol. The van der Waals surface area contributed by atoms with E-state index in [2.05, 4.69) is 45.2 Å². The van der Waals surface area contributed by atoms with Crippen LogP contribution in [0.15, 0.2) is 89.8 Å². The number of nitrogens with zero attached hydrogens (tertiary/aromatic N) is 3. The van der Waals surface area contributed by atoms with E-state index in [1.807, 2.05) is 59.4 Å². The Morgan fingerprint density at radius 2 is 1.72 bits per heavy atom. The van der Waals surface area contributed by atoms with Crippen LogP contribution in [0.5, 0.6) is 0 Å². The molecule has 5 aromatic rings. The summed E-state index contributed by atoms with van der Waals surface area (Å²) >= 11 is 1.57. The van der Waals surface area contributed by atoms with Crippen molar-refractivity contribution in [3.8, 4) is 11.5 Å². The van der Waals surface area contributed by atoms with Gasteiger partial charge in [0.05, 0.1) is 35.1 Å². The van der Waals surface area contributed by atoms with Gasteiger partial charge in [-0.15, -0.1) is 11.3 Å². The molecule has 2 unspecified atom stereocenters. The van der Waals surface area contributed by atoms with E-state index in [0.717, 1.165) is 64.9 Å². The fourth-order valence-electron chi connectivity index (χ4n) is 5.88. The largest absolute Gasteiger partial charge is 0.394 e. The normalized spacial score (nSPS) is 15.4. The van der Waals surface area contributed by atoms with Crippen LogP contribution in [0, 0.1) is 5.92 Å². The lowest BCUT2D eigenvalue weighted by Gasteiger charge is -2.26. The number of imidazole rings is 1. The first-order valence-electron chi connectivity index (χ1n) is 13.6. The number of hydrogen-bond donors (Lipinski definition) is 2. The van der Waals surface area contributed by atoms with Crippen molar-refractivity contribution in [2.75, 3.05) is 6.61 Å². The summed E-state index contributed by atoms with van der Waals surface area (Å²) in [6, 6.07) is 25.9. The topological polar surface area (TPSA) is 80.0 Å². The second-order valence-corrected chi connectivity index (χ2v) is 11.0. The van der Waals surface area contributed by atoms with Crippen LogP contribution in [0.25, 0.3) is 22.6 Å². The summed E-state index contributed by atoms with van der Waals surface area (Å²) in [5.74, 6) is 0.920. The number of amides is 1. The molecule has 2 atom stereocenters. The number of fused-ring (bicyclic) bond motifs is 1. The Morgan fingerprint density at radius 1 is 0.974 bits per heavy atom. The van der Waals surface area contributed by atoms with Gasteiger partial charge >= 0.3 is 0 Å². The minimum absolute atomic E-state index is 0.0102. The molecule has 1 aliphatic carbocycles. The Hall–Kier alpha value is -3.81. The maximum Gasteiger partial charge on any atom is 0.228 e. The average Bonchev–Trinajstić information content (AvgIpc) is 3.76. The lowest BCUT2D eigenvalue weighted by atomic mass is 9.83. The van der Waals surface area contributed by atoms with E-state index in [4.69, 9.17) is 4.98 Å². The molecule has 2 N–H and O–H groups in total. The van der Waals surface area contributed by atoms with Crippen molar-refractivity contribution in [2.45, 2.75) is 44.2 Å². The van der Waals surface area contributed by atoms with Gasteiger partial charge in [-0.1, -0.05) is 79.6 Å². The Balaban J connectivity index is 1.27. The quantitative estimate of drug-likeness (QED) is 0.231. The molecule has 1 fully saturated rings. The molecular formula is C32H32N4O2S. The second kappa shape index (κ2) is 11.5. The number of aliphatic hydroxyl groups excluding tert-OH is 1. The van der Waals surface area contributed by atoms with Gasteiger partial charge in [0.15, 0.2) is 5.82 Å². The molecule has 0 bridgehead atoms. The van der Waals surface area contributed by atoms with E-state index < -0.39 is 6.04 Å². The van der Waals surface area contributed by atoms with Crippen molar-refractivity contribution in [1.82, 2.24) is 19.9 Å². The van der Waals surface area contributed by atoms with Gasteiger partial charge in [0.2, 0.25) is 5.91 Å². The standard InChI is InChI=1S/C32H32N4O2S/c37-19-27(23-8-2-1-3-9-23)35-32(38)30(24-10-4-5-11-24)25-16-14-22(15-17-25)18-36-29-13-7-6-12-26(29)34-31(36)28-20-39-21-33-28/h1-3,6-9,12-17,20-21,24,27,30,37H,4-5,10-11,18-19H2,(H,35,38). The van der Waals surface area contributed by atoms with Crippen LogP contribution in [0.1, 0.15) is 54.3 Å². The van der Waals surface area contributed by atoms with Crippen LogP contribution in [0.2, 0.25) is 0 Å². The SMILES string of the molecule is O=C(NC(CO)c1ccccc1)C(c1ccc(Cn2c(-c3cscn3)nc3ccccc32)cc1)C1CCCC1. The molecule has 0 radical (unpaired) electrons. The van der Waals surface area contributed by atoms with Gasteiger partial charge in [-0.05, 0) is 47.6 Å². The van der Waals surface area contributed by atoms with Gasteiger partial charge in [0.1, 0.15) is 5.69 Å². The van der Waals surface area contributed by atoms with Crippen LogP contribution >= 0.6 is 11.3 Å². The summed E-state index contributed by atoms with van der Waals surface area (Å²) in [6.45, 7) is 0.529. The lowest BCUT2D eigenvalue weighted by molar-refractivity contribution is -0.124. The number of hydrogen-bond acceptors (Lipinski definition) is 5. The van der Waals surface area contributed by atoms with Crippen molar-refractivity contribution < 1.29 is 9.90 Å². The molecule has 6 rings (SSSR count). The van der Waals surface area contributed by atoms with E-state index in [1.165, 1.54) is 0 Å². The van der Waals surface area contributed by atoms with E-state index in [9.17, 15) is 9.90 Å². The molecule has 0 aliphatic heterocycles. The van der Waals surface area contributed by atoms with Crippen LogP contribution < -0.4 is 5.32 Å². The Kier molecular flexibility index (Phi) is 7.52. The van der Waals surface area contributed by atoms with E-state index in [-0.39, 0.29) is 18.4 Å². The van der Waals surface area contributed by atoms with Crippen molar-refractivity contribution in [3.05, 3.63) is 106 Å². The highest BCUT2D eigenvalue weighted by atomic mass is 32.1. The molecule has 1 aliphatic rings. The lowest BCUT2D eigenvalue weighted by Crippen LogP contribution is -2.37.